The lowest BCUT2D eigenvalue weighted by Gasteiger charge is -2.21. The number of likely N-dealkylation sites (tertiary alicyclic amines) is 1. The highest BCUT2D eigenvalue weighted by Crippen LogP contribution is 2.26. The number of pyridine rings is 1. The van der Waals surface area contributed by atoms with Crippen molar-refractivity contribution < 1.29 is 4.79 Å². The van der Waals surface area contributed by atoms with Gasteiger partial charge in [0.1, 0.15) is 5.82 Å². The van der Waals surface area contributed by atoms with Crippen molar-refractivity contribution in [2.24, 2.45) is 4.99 Å². The van der Waals surface area contributed by atoms with E-state index in [1.807, 2.05) is 19.1 Å². The Morgan fingerprint density at radius 2 is 2.03 bits per heavy atom. The van der Waals surface area contributed by atoms with E-state index in [1.54, 1.807) is 6.20 Å². The van der Waals surface area contributed by atoms with Crippen LogP contribution in [0.5, 0.6) is 0 Å². The second-order valence-electron chi connectivity index (χ2n) is 7.10. The van der Waals surface area contributed by atoms with Gasteiger partial charge >= 0.3 is 0 Å². The van der Waals surface area contributed by atoms with Gasteiger partial charge in [0.05, 0.1) is 6.54 Å². The lowest BCUT2D eigenvalue weighted by atomic mass is 9.99. The normalized spacial score (nSPS) is 16.3. The number of aromatic nitrogens is 1. The van der Waals surface area contributed by atoms with Crippen molar-refractivity contribution in [1.82, 2.24) is 15.2 Å². The molecule has 0 spiro atoms. The van der Waals surface area contributed by atoms with E-state index in [2.05, 4.69) is 62.8 Å². The molecule has 3 rings (SSSR count). The molecular weight excluding hydrogens is 477 g/mol. The van der Waals surface area contributed by atoms with Gasteiger partial charge in [-0.1, -0.05) is 36.4 Å². The average Bonchev–Trinajstić information content (AvgIpc) is 3.20. The van der Waals surface area contributed by atoms with Crippen LogP contribution in [-0.2, 0) is 4.79 Å². The van der Waals surface area contributed by atoms with E-state index in [0.29, 0.717) is 24.7 Å². The predicted octanol–water partition coefficient (Wildman–Crippen LogP) is 3.79. The lowest BCUT2D eigenvalue weighted by molar-refractivity contribution is -0.116. The summed E-state index contributed by atoms with van der Waals surface area (Å²) in [6, 6.07) is 14.4. The van der Waals surface area contributed by atoms with Gasteiger partial charge in [-0.2, -0.15) is 0 Å². The van der Waals surface area contributed by atoms with Crippen molar-refractivity contribution >= 4 is 41.7 Å². The molecule has 7 heteroatoms. The molecule has 1 amide bonds. The van der Waals surface area contributed by atoms with Gasteiger partial charge in [-0.3, -0.25) is 9.79 Å². The monoisotopic (exact) mass is 507 g/mol. The number of carbonyl (C=O) groups excluding carboxylic acids is 1. The van der Waals surface area contributed by atoms with Crippen LogP contribution in [0.3, 0.4) is 0 Å². The molecule has 1 unspecified atom stereocenters. The van der Waals surface area contributed by atoms with Crippen LogP contribution in [0.1, 0.15) is 36.8 Å². The summed E-state index contributed by atoms with van der Waals surface area (Å²) in [5, 5.41) is 6.18. The van der Waals surface area contributed by atoms with E-state index in [1.165, 1.54) is 5.56 Å². The van der Waals surface area contributed by atoms with Crippen LogP contribution in [0, 0.1) is 6.92 Å². The number of aliphatic imine (C=N–C) groups is 1. The van der Waals surface area contributed by atoms with Gasteiger partial charge in [-0.05, 0) is 37.5 Å². The molecule has 1 fully saturated rings. The number of hydrogen-bond acceptors (Lipinski definition) is 3. The largest absolute Gasteiger partial charge is 0.357 e. The number of aryl methyl sites for hydroxylation is 1. The van der Waals surface area contributed by atoms with E-state index in [0.717, 1.165) is 37.6 Å². The Morgan fingerprint density at radius 3 is 2.72 bits per heavy atom. The Balaban J connectivity index is 0.00000300. The minimum Gasteiger partial charge on any atom is -0.357 e. The fourth-order valence-corrected chi connectivity index (χ4v) is 3.39. The van der Waals surface area contributed by atoms with Crippen LogP contribution in [0.15, 0.2) is 53.7 Å². The van der Waals surface area contributed by atoms with Crippen molar-refractivity contribution in [3.8, 4) is 0 Å². The number of nitrogens with one attached hydrogen (secondary N) is 2. The number of anilines is 1. The summed E-state index contributed by atoms with van der Waals surface area (Å²) in [6.07, 6.45) is 3.20. The first-order valence-electron chi connectivity index (χ1n) is 9.96. The van der Waals surface area contributed by atoms with E-state index in [9.17, 15) is 4.79 Å². The quantitative estimate of drug-likeness (QED) is 0.355. The molecule has 1 atom stereocenters. The molecule has 6 nitrogen and oxygen atoms in total. The van der Waals surface area contributed by atoms with Crippen LogP contribution in [0.25, 0.3) is 0 Å². The Morgan fingerprint density at radius 1 is 1.24 bits per heavy atom. The van der Waals surface area contributed by atoms with Gasteiger partial charge < -0.3 is 15.5 Å². The van der Waals surface area contributed by atoms with Crippen LogP contribution >= 0.6 is 24.0 Å². The summed E-state index contributed by atoms with van der Waals surface area (Å²) < 4.78 is 0. The van der Waals surface area contributed by atoms with Gasteiger partial charge in [0.25, 0.3) is 0 Å². The smallest absolute Gasteiger partial charge is 0.227 e. The molecule has 0 bridgehead atoms. The summed E-state index contributed by atoms with van der Waals surface area (Å²) in [5.74, 6) is 1.93. The van der Waals surface area contributed by atoms with Gasteiger partial charge in [-0.15, -0.1) is 24.0 Å². The Bertz CT molecular complexity index is 795. The minimum absolute atomic E-state index is 0. The molecule has 0 saturated carbocycles. The van der Waals surface area contributed by atoms with E-state index >= 15 is 0 Å². The minimum atomic E-state index is -0.0699. The molecule has 1 aromatic heterocycles. The number of rotatable bonds is 6. The van der Waals surface area contributed by atoms with E-state index < -0.39 is 0 Å². The van der Waals surface area contributed by atoms with Crippen LogP contribution in [0.4, 0.5) is 5.82 Å². The Labute approximate surface area is 190 Å². The molecular formula is C22H30IN5O. The predicted molar refractivity (Wildman–Crippen MR) is 129 cm³/mol. The fraction of sp³-hybridized carbons (Fsp3) is 0.409. The van der Waals surface area contributed by atoms with Crippen LogP contribution in [0.2, 0.25) is 0 Å². The first-order chi connectivity index (χ1) is 13.7. The van der Waals surface area contributed by atoms with Gasteiger partial charge in [0.15, 0.2) is 5.96 Å². The number of benzene rings is 1. The average molecular weight is 507 g/mol. The Hall–Kier alpha value is -2.16. The number of amides is 1. The molecule has 2 N–H and O–H groups in total. The van der Waals surface area contributed by atoms with Gasteiger partial charge in [0, 0.05) is 38.2 Å². The van der Waals surface area contributed by atoms with Crippen LogP contribution in [-0.4, -0.2) is 47.9 Å². The molecule has 1 aliphatic rings. The molecule has 1 aliphatic heterocycles. The molecule has 29 heavy (non-hydrogen) atoms. The van der Waals surface area contributed by atoms with Crippen molar-refractivity contribution in [3.63, 3.8) is 0 Å². The highest BCUT2D eigenvalue weighted by Gasteiger charge is 2.25. The number of nitrogens with zero attached hydrogens (tertiary/aromatic N) is 3. The highest BCUT2D eigenvalue weighted by molar-refractivity contribution is 14.0. The molecule has 156 valence electrons. The fourth-order valence-electron chi connectivity index (χ4n) is 3.39. The summed E-state index contributed by atoms with van der Waals surface area (Å²) in [6.45, 7) is 7.23. The molecule has 0 radical (unpaired) electrons. The van der Waals surface area contributed by atoms with E-state index in [4.69, 9.17) is 0 Å². The zero-order valence-electron chi connectivity index (χ0n) is 17.1. The van der Waals surface area contributed by atoms with Crippen molar-refractivity contribution in [2.75, 3.05) is 31.5 Å². The topological polar surface area (TPSA) is 69.6 Å². The second-order valence-corrected chi connectivity index (χ2v) is 7.10. The summed E-state index contributed by atoms with van der Waals surface area (Å²) in [5.41, 5.74) is 2.45. The molecule has 2 aromatic rings. The molecule has 2 heterocycles. The maximum Gasteiger partial charge on any atom is 0.227 e. The lowest BCUT2D eigenvalue weighted by Crippen LogP contribution is -2.40. The zero-order valence-corrected chi connectivity index (χ0v) is 19.4. The van der Waals surface area contributed by atoms with Crippen LogP contribution < -0.4 is 10.6 Å². The molecule has 1 saturated heterocycles. The maximum atomic E-state index is 12.1. The maximum absolute atomic E-state index is 12.1. The van der Waals surface area contributed by atoms with Crippen molar-refractivity contribution in [2.45, 2.75) is 32.6 Å². The third-order valence-corrected chi connectivity index (χ3v) is 4.87. The molecule has 1 aromatic carbocycles. The number of guanidine groups is 1. The summed E-state index contributed by atoms with van der Waals surface area (Å²) in [7, 11) is 0. The van der Waals surface area contributed by atoms with Gasteiger partial charge in [-0.25, -0.2) is 4.98 Å². The summed E-state index contributed by atoms with van der Waals surface area (Å²) >= 11 is 0. The number of hydrogen-bond donors (Lipinski definition) is 2. The highest BCUT2D eigenvalue weighted by atomic mass is 127. The number of halogens is 1. The SMILES string of the molecule is CCNC(=NCCC(=O)Nc1ccc(C)cn1)N1CCC(c2ccccc2)C1.I. The molecule has 0 aliphatic carbocycles. The van der Waals surface area contributed by atoms with Crippen molar-refractivity contribution in [3.05, 3.63) is 59.8 Å². The zero-order chi connectivity index (χ0) is 19.8. The first-order valence-corrected chi connectivity index (χ1v) is 9.96. The van der Waals surface area contributed by atoms with Gasteiger partial charge in [0.2, 0.25) is 5.91 Å². The first kappa shape index (κ1) is 23.1. The second kappa shape index (κ2) is 11.7. The summed E-state index contributed by atoms with van der Waals surface area (Å²) in [4.78, 5) is 23.3. The Kier molecular flexibility index (Phi) is 9.37. The van der Waals surface area contributed by atoms with E-state index in [-0.39, 0.29) is 29.9 Å². The third-order valence-electron chi connectivity index (χ3n) is 4.87. The van der Waals surface area contributed by atoms with Crippen molar-refractivity contribution in [1.29, 1.82) is 0 Å². The standard InChI is InChI=1S/C22H29N5O.HI/c1-3-23-22(27-14-12-19(16-27)18-7-5-4-6-8-18)24-13-11-21(28)26-20-10-9-17(2)15-25-20;/h4-10,15,19H,3,11-14,16H2,1-2H3,(H,23,24)(H,25,26,28);1H. The number of carbonyl (C=O) groups is 1. The third kappa shape index (κ3) is 6.99.